The minimum Gasteiger partial charge on any atom is -0.507 e. The van der Waals surface area contributed by atoms with E-state index in [2.05, 4.69) is 4.90 Å². The number of likely N-dealkylation sites (tertiary alicyclic amines) is 1. The lowest BCUT2D eigenvalue weighted by Gasteiger charge is -2.28. The Bertz CT molecular complexity index is 1130. The fraction of sp³-hybridized carbons (Fsp3) is 0.385. The maximum absolute atomic E-state index is 13.2. The molecule has 1 N–H and O–H groups in total. The molecular formula is C26H31N3O6. The number of non-ortho nitro benzene ring substituents is 1. The highest BCUT2D eigenvalue weighted by molar-refractivity contribution is 6.46. The lowest BCUT2D eigenvalue weighted by molar-refractivity contribution is -0.384. The Hall–Kier alpha value is -3.72. The van der Waals surface area contributed by atoms with Gasteiger partial charge >= 0.3 is 0 Å². The molecule has 1 aliphatic rings. The zero-order chi connectivity index (χ0) is 25.5. The van der Waals surface area contributed by atoms with Crippen LogP contribution in [0.3, 0.4) is 0 Å². The van der Waals surface area contributed by atoms with Gasteiger partial charge in [-0.3, -0.25) is 19.7 Å². The molecule has 9 heteroatoms. The van der Waals surface area contributed by atoms with Gasteiger partial charge in [-0.05, 0) is 37.2 Å². The first-order valence-corrected chi connectivity index (χ1v) is 11.8. The quantitative estimate of drug-likeness (QED) is 0.169. The third-order valence-corrected chi connectivity index (χ3v) is 6.07. The SMILES string of the molecule is CCCOc1cccc(/C(O)=C2\C(=O)C(=O)N(CCN(CC)CC)C2c2cccc([N+](=O)[O-])c2)c1. The Labute approximate surface area is 204 Å². The monoisotopic (exact) mass is 481 g/mol. The standard InChI is InChI=1S/C26H31N3O6/c1-4-15-35-21-12-8-10-19(17-21)24(30)22-23(18-9-7-11-20(16-18)29(33)34)28(26(32)25(22)31)14-13-27(5-2)6-3/h7-12,16-17,23,30H,4-6,13-15H2,1-3H3/b24-22+. The van der Waals surface area contributed by atoms with Gasteiger partial charge in [0.25, 0.3) is 17.4 Å². The lowest BCUT2D eigenvalue weighted by atomic mass is 9.95. The highest BCUT2D eigenvalue weighted by Crippen LogP contribution is 2.40. The van der Waals surface area contributed by atoms with Crippen LogP contribution in [0.4, 0.5) is 5.69 Å². The van der Waals surface area contributed by atoms with Crippen molar-refractivity contribution >= 4 is 23.1 Å². The number of rotatable bonds is 11. The van der Waals surface area contributed by atoms with Gasteiger partial charge in [0.2, 0.25) is 0 Å². The fourth-order valence-electron chi connectivity index (χ4n) is 4.16. The molecule has 0 bridgehead atoms. The van der Waals surface area contributed by atoms with Crippen LogP contribution in [0.2, 0.25) is 0 Å². The van der Waals surface area contributed by atoms with Gasteiger partial charge in [0.15, 0.2) is 0 Å². The number of Topliss-reactive ketones (excluding diaryl/α,β-unsaturated/α-hetero) is 1. The first kappa shape index (κ1) is 25.9. The number of aliphatic hydroxyl groups is 1. The molecule has 1 atom stereocenters. The topological polar surface area (TPSA) is 113 Å². The summed E-state index contributed by atoms with van der Waals surface area (Å²) in [6, 6.07) is 11.5. The molecule has 0 spiro atoms. The van der Waals surface area contributed by atoms with Crippen LogP contribution in [0.5, 0.6) is 5.75 Å². The number of benzene rings is 2. The number of ether oxygens (including phenoxy) is 1. The van der Waals surface area contributed by atoms with E-state index in [0.29, 0.717) is 30.0 Å². The van der Waals surface area contributed by atoms with Crippen LogP contribution in [0.1, 0.15) is 44.4 Å². The molecular weight excluding hydrogens is 450 g/mol. The first-order chi connectivity index (χ1) is 16.8. The highest BCUT2D eigenvalue weighted by Gasteiger charge is 2.46. The number of carbonyl (C=O) groups excluding carboxylic acids is 2. The Morgan fingerprint density at radius 1 is 1.11 bits per heavy atom. The second kappa shape index (κ2) is 11.6. The van der Waals surface area contributed by atoms with E-state index in [1.54, 1.807) is 30.3 Å². The molecule has 3 rings (SSSR count). The van der Waals surface area contributed by atoms with Gasteiger partial charge in [0.05, 0.1) is 23.1 Å². The minimum absolute atomic E-state index is 0.0947. The van der Waals surface area contributed by atoms with Crippen molar-refractivity contribution in [1.82, 2.24) is 9.80 Å². The Balaban J connectivity index is 2.12. The number of hydrogen-bond acceptors (Lipinski definition) is 7. The molecule has 1 fully saturated rings. The second-order valence-corrected chi connectivity index (χ2v) is 8.25. The van der Waals surface area contributed by atoms with E-state index in [4.69, 9.17) is 4.74 Å². The fourth-order valence-corrected chi connectivity index (χ4v) is 4.16. The van der Waals surface area contributed by atoms with E-state index in [1.165, 1.54) is 23.1 Å². The predicted molar refractivity (Wildman–Crippen MR) is 132 cm³/mol. The normalized spacial score (nSPS) is 17.3. The summed E-state index contributed by atoms with van der Waals surface area (Å²) in [5, 5.41) is 22.6. The van der Waals surface area contributed by atoms with E-state index < -0.39 is 22.7 Å². The van der Waals surface area contributed by atoms with E-state index >= 15 is 0 Å². The summed E-state index contributed by atoms with van der Waals surface area (Å²) >= 11 is 0. The molecule has 186 valence electrons. The van der Waals surface area contributed by atoms with Crippen LogP contribution < -0.4 is 4.74 Å². The van der Waals surface area contributed by atoms with Gasteiger partial charge in [-0.25, -0.2) is 0 Å². The number of nitro benzene ring substituents is 1. The predicted octanol–water partition coefficient (Wildman–Crippen LogP) is 4.15. The van der Waals surface area contributed by atoms with Crippen LogP contribution in [-0.2, 0) is 9.59 Å². The number of likely N-dealkylation sites (N-methyl/N-ethyl adjacent to an activating group) is 1. The first-order valence-electron chi connectivity index (χ1n) is 11.8. The molecule has 1 heterocycles. The van der Waals surface area contributed by atoms with Crippen molar-refractivity contribution in [1.29, 1.82) is 0 Å². The largest absolute Gasteiger partial charge is 0.507 e. The van der Waals surface area contributed by atoms with Gasteiger partial charge < -0.3 is 19.6 Å². The van der Waals surface area contributed by atoms with E-state index in [-0.39, 0.29) is 23.6 Å². The molecule has 1 saturated heterocycles. The molecule has 35 heavy (non-hydrogen) atoms. The van der Waals surface area contributed by atoms with E-state index in [0.717, 1.165) is 19.5 Å². The zero-order valence-electron chi connectivity index (χ0n) is 20.3. The third kappa shape index (κ3) is 5.68. The summed E-state index contributed by atoms with van der Waals surface area (Å²) in [5.74, 6) is -1.38. The van der Waals surface area contributed by atoms with Crippen molar-refractivity contribution in [3.05, 3.63) is 75.3 Å². The van der Waals surface area contributed by atoms with Crippen LogP contribution in [0.25, 0.3) is 5.76 Å². The molecule has 0 radical (unpaired) electrons. The summed E-state index contributed by atoms with van der Waals surface area (Å²) in [6.07, 6.45) is 0.806. The molecule has 9 nitrogen and oxygen atoms in total. The van der Waals surface area contributed by atoms with Crippen molar-refractivity contribution in [3.63, 3.8) is 0 Å². The van der Waals surface area contributed by atoms with Crippen LogP contribution in [0, 0.1) is 10.1 Å². The molecule has 0 saturated carbocycles. The molecule has 2 aromatic carbocycles. The summed E-state index contributed by atoms with van der Waals surface area (Å²) in [6.45, 7) is 8.77. The molecule has 0 aromatic heterocycles. The van der Waals surface area contributed by atoms with Gasteiger partial charge in [-0.1, -0.05) is 45.0 Å². The Kier molecular flexibility index (Phi) is 8.59. The van der Waals surface area contributed by atoms with Crippen molar-refractivity contribution in [3.8, 4) is 5.75 Å². The number of ketones is 1. The van der Waals surface area contributed by atoms with Crippen molar-refractivity contribution in [2.75, 3.05) is 32.8 Å². The maximum Gasteiger partial charge on any atom is 0.295 e. The highest BCUT2D eigenvalue weighted by atomic mass is 16.6. The summed E-state index contributed by atoms with van der Waals surface area (Å²) in [5.41, 5.74) is 0.461. The smallest absolute Gasteiger partial charge is 0.295 e. The van der Waals surface area contributed by atoms with Crippen LogP contribution in [-0.4, -0.2) is 64.3 Å². The second-order valence-electron chi connectivity index (χ2n) is 8.25. The average Bonchev–Trinajstić information content (AvgIpc) is 3.12. The molecule has 1 unspecified atom stereocenters. The molecule has 1 aliphatic heterocycles. The third-order valence-electron chi connectivity index (χ3n) is 6.07. The van der Waals surface area contributed by atoms with Crippen molar-refractivity contribution in [2.45, 2.75) is 33.2 Å². The molecule has 2 aromatic rings. The average molecular weight is 482 g/mol. The lowest BCUT2D eigenvalue weighted by Crippen LogP contribution is -2.38. The maximum atomic E-state index is 13.2. The zero-order valence-corrected chi connectivity index (χ0v) is 20.3. The van der Waals surface area contributed by atoms with E-state index in [9.17, 15) is 24.8 Å². The molecule has 0 aliphatic carbocycles. The number of carbonyl (C=O) groups is 2. The number of aliphatic hydroxyl groups excluding tert-OH is 1. The summed E-state index contributed by atoms with van der Waals surface area (Å²) in [4.78, 5) is 40.7. The number of amides is 1. The number of nitro groups is 1. The minimum atomic E-state index is -0.953. The Morgan fingerprint density at radius 3 is 2.49 bits per heavy atom. The van der Waals surface area contributed by atoms with Crippen molar-refractivity contribution < 1.29 is 24.4 Å². The number of nitrogens with zero attached hydrogens (tertiary/aromatic N) is 3. The number of hydrogen-bond donors (Lipinski definition) is 1. The van der Waals surface area contributed by atoms with Gasteiger partial charge in [-0.15, -0.1) is 0 Å². The van der Waals surface area contributed by atoms with E-state index in [1.807, 2.05) is 20.8 Å². The van der Waals surface area contributed by atoms with Crippen LogP contribution >= 0.6 is 0 Å². The van der Waals surface area contributed by atoms with Gasteiger partial charge in [0, 0.05) is 30.8 Å². The summed E-state index contributed by atoms with van der Waals surface area (Å²) in [7, 11) is 0. The van der Waals surface area contributed by atoms with Gasteiger partial charge in [-0.2, -0.15) is 0 Å². The molecule has 1 amide bonds. The van der Waals surface area contributed by atoms with Crippen LogP contribution in [0.15, 0.2) is 54.1 Å². The summed E-state index contributed by atoms with van der Waals surface area (Å²) < 4.78 is 5.64. The van der Waals surface area contributed by atoms with Gasteiger partial charge in [0.1, 0.15) is 11.5 Å². The Morgan fingerprint density at radius 2 is 1.83 bits per heavy atom. The van der Waals surface area contributed by atoms with Crippen molar-refractivity contribution in [2.24, 2.45) is 0 Å².